The molecule has 1 aliphatic rings. The van der Waals surface area contributed by atoms with Gasteiger partial charge >= 0.3 is 18.2 Å². The van der Waals surface area contributed by atoms with Crippen molar-refractivity contribution in [3.05, 3.63) is 105 Å². The Morgan fingerprint density at radius 3 is 1.93 bits per heavy atom. The first-order valence-electron chi connectivity index (χ1n) is 16.9. The maximum atomic E-state index is 14.2. The molecule has 3 amide bonds. The van der Waals surface area contributed by atoms with Gasteiger partial charge in [-0.2, -0.15) is 4.31 Å². The molecular formula is C38H44ClN5O9S. The van der Waals surface area contributed by atoms with Crippen molar-refractivity contribution >= 4 is 63.4 Å². The van der Waals surface area contributed by atoms with Crippen molar-refractivity contribution in [2.75, 3.05) is 13.1 Å². The number of nitrogens with one attached hydrogen (secondary N) is 2. The van der Waals surface area contributed by atoms with Crippen LogP contribution in [-0.4, -0.2) is 83.1 Å². The summed E-state index contributed by atoms with van der Waals surface area (Å²) in [5.41, 5.74) is 0.229. The van der Waals surface area contributed by atoms with Crippen molar-refractivity contribution < 1.29 is 42.2 Å². The van der Waals surface area contributed by atoms with E-state index in [0.717, 1.165) is 5.41 Å². The van der Waals surface area contributed by atoms with Gasteiger partial charge in [0.25, 0.3) is 5.91 Å². The Kier molecular flexibility index (Phi) is 13.3. The molecule has 0 radical (unpaired) electrons. The monoisotopic (exact) mass is 781 g/mol. The Bertz CT molecular complexity index is 1970. The molecule has 1 aliphatic heterocycles. The third-order valence-corrected chi connectivity index (χ3v) is 9.42. The number of alkyl carbamates (subject to hydrolysis) is 2. The van der Waals surface area contributed by atoms with Gasteiger partial charge in [0.05, 0.1) is 11.3 Å². The molecule has 288 valence electrons. The number of halogens is 1. The highest BCUT2D eigenvalue weighted by Gasteiger charge is 2.36. The topological polar surface area (TPSA) is 184 Å². The smallest absolute Gasteiger partial charge is 0.414 e. The van der Waals surface area contributed by atoms with Crippen LogP contribution in [0, 0.1) is 0 Å². The van der Waals surface area contributed by atoms with Crippen molar-refractivity contribution in [3.8, 4) is 0 Å². The molecule has 1 unspecified atom stereocenters. The number of ether oxygens (including phenoxy) is 2. The molecular weight excluding hydrogens is 738 g/mol. The number of carbonyl (C=O) groups excluding carboxylic acids is 3. The average molecular weight is 782 g/mol. The van der Waals surface area contributed by atoms with E-state index < -0.39 is 51.3 Å². The number of sulfonamides is 1. The van der Waals surface area contributed by atoms with Crippen LogP contribution in [0.3, 0.4) is 0 Å². The number of carboxylic acids is 1. The van der Waals surface area contributed by atoms with Gasteiger partial charge in [-0.1, -0.05) is 35.9 Å². The summed E-state index contributed by atoms with van der Waals surface area (Å²) in [7, 11) is -3.84. The quantitative estimate of drug-likeness (QED) is 0.155. The van der Waals surface area contributed by atoms with Gasteiger partial charge in [-0.15, -0.1) is 0 Å². The van der Waals surface area contributed by atoms with Gasteiger partial charge in [-0.05, 0) is 114 Å². The Balaban J connectivity index is 1.59. The normalized spacial score (nSPS) is 15.0. The van der Waals surface area contributed by atoms with Crippen molar-refractivity contribution in [2.24, 2.45) is 4.99 Å². The van der Waals surface area contributed by atoms with E-state index in [0.29, 0.717) is 22.6 Å². The standard InChI is InChI=1S/C38H44ClN5O9S/c1-37(2,3)52-35(48)41-34(42-36(49)53-38(4,5)6)40-30-17-13-27(14-18-30)32(45)44(23-26-7-11-28(12-8-26)33(46)47)31-19-21-43(24-31)54(50,51)22-20-25-9-15-29(39)16-10-25/h7-18,20,22,31H,19,21,23-24H2,1-6H3,(H,46,47)(H2,40,41,42,48,49)/b22-20+. The minimum atomic E-state index is -3.84. The van der Waals surface area contributed by atoms with Crippen molar-refractivity contribution in [2.45, 2.75) is 71.8 Å². The van der Waals surface area contributed by atoms with E-state index in [4.69, 9.17) is 21.1 Å². The Hall–Kier alpha value is -5.25. The van der Waals surface area contributed by atoms with Gasteiger partial charge in [0.15, 0.2) is 0 Å². The number of guanidine groups is 1. The molecule has 4 rings (SSSR count). The van der Waals surface area contributed by atoms with Crippen LogP contribution in [0.15, 0.2) is 83.2 Å². The molecule has 0 spiro atoms. The zero-order valence-corrected chi connectivity index (χ0v) is 32.4. The fraction of sp³-hybridized carbons (Fsp3) is 0.342. The summed E-state index contributed by atoms with van der Waals surface area (Å²) in [6, 6.07) is 18.3. The fourth-order valence-corrected chi connectivity index (χ4v) is 6.56. The van der Waals surface area contributed by atoms with E-state index in [-0.39, 0.29) is 42.4 Å². The molecule has 1 atom stereocenters. The largest absolute Gasteiger partial charge is 0.478 e. The van der Waals surface area contributed by atoms with E-state index >= 15 is 0 Å². The van der Waals surface area contributed by atoms with Gasteiger partial charge in [0, 0.05) is 41.7 Å². The maximum absolute atomic E-state index is 14.2. The summed E-state index contributed by atoms with van der Waals surface area (Å²) in [5, 5.41) is 15.8. The van der Waals surface area contributed by atoms with E-state index in [2.05, 4.69) is 15.6 Å². The van der Waals surface area contributed by atoms with Crippen molar-refractivity contribution in [3.63, 3.8) is 0 Å². The molecule has 1 fully saturated rings. The van der Waals surface area contributed by atoms with Crippen molar-refractivity contribution in [1.29, 1.82) is 0 Å². The molecule has 3 aromatic rings. The van der Waals surface area contributed by atoms with Gasteiger partial charge in [-0.3, -0.25) is 15.4 Å². The molecule has 0 bridgehead atoms. The minimum Gasteiger partial charge on any atom is -0.478 e. The molecule has 1 heterocycles. The van der Waals surface area contributed by atoms with Crippen LogP contribution >= 0.6 is 11.6 Å². The Morgan fingerprint density at radius 2 is 1.41 bits per heavy atom. The van der Waals surface area contributed by atoms with Crippen LogP contribution in [0.5, 0.6) is 0 Å². The third-order valence-electron chi connectivity index (χ3n) is 7.64. The number of carbonyl (C=O) groups is 4. The molecule has 3 N–H and O–H groups in total. The van der Waals surface area contributed by atoms with Crippen LogP contribution in [0.25, 0.3) is 6.08 Å². The number of aromatic carboxylic acids is 1. The molecule has 1 saturated heterocycles. The van der Waals surface area contributed by atoms with E-state index in [1.807, 2.05) is 0 Å². The number of hydrogen-bond acceptors (Lipinski definition) is 9. The third kappa shape index (κ3) is 12.7. The lowest BCUT2D eigenvalue weighted by Crippen LogP contribution is -2.47. The number of amides is 3. The number of benzene rings is 3. The highest BCUT2D eigenvalue weighted by molar-refractivity contribution is 7.92. The summed E-state index contributed by atoms with van der Waals surface area (Å²) in [4.78, 5) is 56.5. The summed E-state index contributed by atoms with van der Waals surface area (Å²) >= 11 is 5.95. The lowest BCUT2D eigenvalue weighted by Gasteiger charge is -2.29. The molecule has 14 nitrogen and oxygen atoms in total. The summed E-state index contributed by atoms with van der Waals surface area (Å²) in [5.74, 6) is -1.78. The van der Waals surface area contributed by atoms with Gasteiger partial charge in [0.1, 0.15) is 11.2 Å². The maximum Gasteiger partial charge on any atom is 0.414 e. The molecule has 54 heavy (non-hydrogen) atoms. The zero-order valence-electron chi connectivity index (χ0n) is 30.8. The number of aliphatic imine (C=N–C) groups is 1. The number of rotatable bonds is 9. The van der Waals surface area contributed by atoms with E-state index in [9.17, 15) is 32.7 Å². The first kappa shape index (κ1) is 41.5. The highest BCUT2D eigenvalue weighted by Crippen LogP contribution is 2.25. The minimum absolute atomic E-state index is 0.0324. The second kappa shape index (κ2) is 17.3. The summed E-state index contributed by atoms with van der Waals surface area (Å²) in [6.45, 7) is 10.3. The lowest BCUT2D eigenvalue weighted by atomic mass is 10.1. The predicted octanol–water partition coefficient (Wildman–Crippen LogP) is 6.79. The van der Waals surface area contributed by atoms with Gasteiger partial charge < -0.3 is 19.5 Å². The highest BCUT2D eigenvalue weighted by atomic mass is 35.5. The van der Waals surface area contributed by atoms with Gasteiger partial charge in [0.2, 0.25) is 16.0 Å². The second-order valence-electron chi connectivity index (χ2n) is 14.4. The molecule has 0 saturated carbocycles. The summed E-state index contributed by atoms with van der Waals surface area (Å²) in [6.07, 6.45) is 0.0900. The van der Waals surface area contributed by atoms with E-state index in [1.54, 1.807) is 82.8 Å². The van der Waals surface area contributed by atoms with Gasteiger partial charge in [-0.25, -0.2) is 27.8 Å². The molecule has 16 heteroatoms. The summed E-state index contributed by atoms with van der Waals surface area (Å²) < 4.78 is 38.5. The lowest BCUT2D eigenvalue weighted by molar-refractivity contribution is 0.0542. The SMILES string of the molecule is CC(C)(C)OC(=O)NC(=Nc1ccc(C(=O)N(Cc2ccc(C(=O)O)cc2)C2CCN(S(=O)(=O)/C=C/c3ccc(Cl)cc3)C2)cc1)NC(=O)OC(C)(C)C. The number of hydrogen-bond donors (Lipinski definition) is 3. The molecule has 0 aliphatic carbocycles. The van der Waals surface area contributed by atoms with Crippen LogP contribution in [0.4, 0.5) is 15.3 Å². The first-order chi connectivity index (χ1) is 25.2. The number of nitrogens with zero attached hydrogens (tertiary/aromatic N) is 3. The Labute approximate surface area is 319 Å². The molecule has 0 aromatic heterocycles. The number of carboxylic acid groups (broad SMARTS) is 1. The van der Waals surface area contributed by atoms with Crippen LogP contribution < -0.4 is 10.6 Å². The second-order valence-corrected chi connectivity index (χ2v) is 16.7. The Morgan fingerprint density at radius 1 is 0.870 bits per heavy atom. The van der Waals surface area contributed by atoms with Crippen LogP contribution in [0.2, 0.25) is 5.02 Å². The fourth-order valence-electron chi connectivity index (χ4n) is 5.20. The zero-order chi connectivity index (χ0) is 39.8. The average Bonchev–Trinajstić information content (AvgIpc) is 3.57. The van der Waals surface area contributed by atoms with E-state index in [1.165, 1.54) is 46.8 Å². The van der Waals surface area contributed by atoms with Crippen LogP contribution in [-0.2, 0) is 26.0 Å². The van der Waals surface area contributed by atoms with Crippen molar-refractivity contribution in [1.82, 2.24) is 19.8 Å². The predicted molar refractivity (Wildman–Crippen MR) is 205 cm³/mol. The first-order valence-corrected chi connectivity index (χ1v) is 18.8. The molecule has 3 aromatic carbocycles. The van der Waals surface area contributed by atoms with Crippen LogP contribution in [0.1, 0.15) is 79.8 Å².